The maximum Gasteiger partial charge on any atom is 0.264 e. The van der Waals surface area contributed by atoms with Crippen LogP contribution < -0.4 is 9.62 Å². The molecule has 3 rings (SSSR count). The van der Waals surface area contributed by atoms with E-state index < -0.39 is 28.5 Å². The van der Waals surface area contributed by atoms with E-state index in [9.17, 15) is 18.0 Å². The first-order valence-corrected chi connectivity index (χ1v) is 14.3. The van der Waals surface area contributed by atoms with Gasteiger partial charge in [-0.1, -0.05) is 80.0 Å². The molecule has 0 aromatic heterocycles. The highest BCUT2D eigenvalue weighted by atomic mass is 35.5. The normalized spacial score (nSPS) is 12.2. The van der Waals surface area contributed by atoms with Crippen molar-refractivity contribution in [2.24, 2.45) is 5.92 Å². The quantitative estimate of drug-likeness (QED) is 0.359. The van der Waals surface area contributed by atoms with Crippen molar-refractivity contribution in [3.63, 3.8) is 0 Å². The summed E-state index contributed by atoms with van der Waals surface area (Å²) in [6, 6.07) is 21.2. The van der Waals surface area contributed by atoms with Crippen LogP contribution in [0.1, 0.15) is 31.9 Å². The predicted molar refractivity (Wildman–Crippen MR) is 151 cm³/mol. The highest BCUT2D eigenvalue weighted by Crippen LogP contribution is 2.27. The predicted octanol–water partition coefficient (Wildman–Crippen LogP) is 5.03. The summed E-state index contributed by atoms with van der Waals surface area (Å²) in [6.07, 6.45) is 0. The van der Waals surface area contributed by atoms with Crippen LogP contribution in [0.5, 0.6) is 0 Å². The number of rotatable bonds is 11. The SMILES string of the molecule is Cc1ccccc1N(CC(=O)N(Cc1ccccc1Cl)[C@@H](C)C(=O)NCC(C)C)S(=O)(=O)c1ccccc1. The number of hydrogen-bond donors (Lipinski definition) is 1. The zero-order valence-corrected chi connectivity index (χ0v) is 23.7. The number of hydrogen-bond acceptors (Lipinski definition) is 4. The molecule has 0 aliphatic heterocycles. The van der Waals surface area contributed by atoms with Gasteiger partial charge in [0, 0.05) is 18.1 Å². The molecule has 0 fully saturated rings. The third-order valence-corrected chi connectivity index (χ3v) is 8.29. The summed E-state index contributed by atoms with van der Waals surface area (Å²) in [5.74, 6) is -0.626. The van der Waals surface area contributed by atoms with Crippen LogP contribution in [0.15, 0.2) is 83.8 Å². The van der Waals surface area contributed by atoms with Gasteiger partial charge in [-0.15, -0.1) is 0 Å². The Balaban J connectivity index is 2.02. The van der Waals surface area contributed by atoms with Gasteiger partial charge in [-0.25, -0.2) is 8.42 Å². The van der Waals surface area contributed by atoms with Gasteiger partial charge in [-0.2, -0.15) is 0 Å². The smallest absolute Gasteiger partial charge is 0.264 e. The summed E-state index contributed by atoms with van der Waals surface area (Å²) < 4.78 is 28.7. The van der Waals surface area contributed by atoms with Crippen LogP contribution in [-0.4, -0.2) is 44.3 Å². The van der Waals surface area contributed by atoms with Gasteiger partial charge in [0.25, 0.3) is 10.0 Å². The lowest BCUT2D eigenvalue weighted by Crippen LogP contribution is -2.51. The molecule has 0 heterocycles. The molecule has 0 spiro atoms. The fraction of sp³-hybridized carbons (Fsp3) is 0.310. The fourth-order valence-corrected chi connectivity index (χ4v) is 5.62. The molecule has 38 heavy (non-hydrogen) atoms. The van der Waals surface area contributed by atoms with Gasteiger partial charge in [-0.05, 0) is 55.2 Å². The average Bonchev–Trinajstić information content (AvgIpc) is 2.90. The Morgan fingerprint density at radius 3 is 2.13 bits per heavy atom. The summed E-state index contributed by atoms with van der Waals surface area (Å²) >= 11 is 6.39. The van der Waals surface area contributed by atoms with E-state index in [4.69, 9.17) is 11.6 Å². The van der Waals surface area contributed by atoms with Gasteiger partial charge in [0.15, 0.2) is 0 Å². The number of halogens is 1. The Kier molecular flexibility index (Phi) is 9.94. The third-order valence-electron chi connectivity index (χ3n) is 6.14. The molecule has 0 bridgehead atoms. The number of para-hydroxylation sites is 1. The second kappa shape index (κ2) is 12.9. The molecule has 0 aliphatic rings. The molecule has 2 amide bonds. The zero-order valence-electron chi connectivity index (χ0n) is 22.1. The first-order valence-electron chi connectivity index (χ1n) is 12.5. The monoisotopic (exact) mass is 555 g/mol. The number of carbonyl (C=O) groups excluding carboxylic acids is 2. The van der Waals surface area contributed by atoms with Gasteiger partial charge in [0.1, 0.15) is 12.6 Å². The molecule has 0 unspecified atom stereocenters. The van der Waals surface area contributed by atoms with E-state index in [-0.39, 0.29) is 23.3 Å². The summed E-state index contributed by atoms with van der Waals surface area (Å²) in [4.78, 5) is 28.4. The lowest BCUT2D eigenvalue weighted by Gasteiger charge is -2.32. The van der Waals surface area contributed by atoms with E-state index in [2.05, 4.69) is 5.32 Å². The van der Waals surface area contributed by atoms with Crippen molar-refractivity contribution in [1.82, 2.24) is 10.2 Å². The largest absolute Gasteiger partial charge is 0.354 e. The number of aryl methyl sites for hydroxylation is 1. The highest BCUT2D eigenvalue weighted by Gasteiger charge is 2.33. The summed E-state index contributed by atoms with van der Waals surface area (Å²) in [6.45, 7) is 7.38. The Bertz CT molecular complexity index is 1360. The lowest BCUT2D eigenvalue weighted by molar-refractivity contribution is -0.139. The first-order chi connectivity index (χ1) is 18.0. The maximum absolute atomic E-state index is 13.9. The Labute approximate surface area is 230 Å². The van der Waals surface area contributed by atoms with Crippen molar-refractivity contribution in [2.75, 3.05) is 17.4 Å². The fourth-order valence-electron chi connectivity index (χ4n) is 3.92. The van der Waals surface area contributed by atoms with Crippen LogP contribution in [0.3, 0.4) is 0 Å². The Hall–Kier alpha value is -3.36. The average molecular weight is 556 g/mol. The molecule has 0 radical (unpaired) electrons. The minimum atomic E-state index is -4.09. The van der Waals surface area contributed by atoms with Crippen LogP contribution in [-0.2, 0) is 26.2 Å². The van der Waals surface area contributed by atoms with E-state index in [1.807, 2.05) is 13.8 Å². The number of carbonyl (C=O) groups is 2. The van der Waals surface area contributed by atoms with E-state index >= 15 is 0 Å². The van der Waals surface area contributed by atoms with E-state index in [0.29, 0.717) is 28.4 Å². The minimum Gasteiger partial charge on any atom is -0.354 e. The first kappa shape index (κ1) is 29.2. The summed E-state index contributed by atoms with van der Waals surface area (Å²) in [7, 11) is -4.09. The van der Waals surface area contributed by atoms with Crippen molar-refractivity contribution in [1.29, 1.82) is 0 Å². The van der Waals surface area contributed by atoms with Crippen LogP contribution in [0.4, 0.5) is 5.69 Å². The molecular formula is C29H34ClN3O4S. The summed E-state index contributed by atoms with van der Waals surface area (Å²) in [5, 5.41) is 3.32. The lowest BCUT2D eigenvalue weighted by atomic mass is 10.1. The van der Waals surface area contributed by atoms with Crippen molar-refractivity contribution >= 4 is 39.1 Å². The van der Waals surface area contributed by atoms with Crippen LogP contribution >= 0.6 is 11.6 Å². The minimum absolute atomic E-state index is 0.0434. The molecule has 1 atom stereocenters. The number of sulfonamides is 1. The van der Waals surface area contributed by atoms with Crippen molar-refractivity contribution in [3.8, 4) is 0 Å². The number of nitrogens with one attached hydrogen (secondary N) is 1. The van der Waals surface area contributed by atoms with Gasteiger partial charge < -0.3 is 10.2 Å². The zero-order chi connectivity index (χ0) is 27.9. The number of nitrogens with zero attached hydrogens (tertiary/aromatic N) is 2. The maximum atomic E-state index is 13.9. The Morgan fingerprint density at radius 1 is 0.895 bits per heavy atom. The molecule has 9 heteroatoms. The molecular weight excluding hydrogens is 522 g/mol. The van der Waals surface area contributed by atoms with E-state index in [1.165, 1.54) is 17.0 Å². The second-order valence-electron chi connectivity index (χ2n) is 9.54. The topological polar surface area (TPSA) is 86.8 Å². The standard InChI is InChI=1S/C29H34ClN3O4S/c1-21(2)18-31-29(35)23(4)32(19-24-13-9-10-16-26(24)30)28(34)20-33(27-17-11-8-12-22(27)3)38(36,37)25-14-6-5-7-15-25/h5-17,21,23H,18-20H2,1-4H3,(H,31,35)/t23-/m0/s1. The van der Waals surface area contributed by atoms with E-state index in [0.717, 1.165) is 4.31 Å². The van der Waals surface area contributed by atoms with Gasteiger partial charge in [0.2, 0.25) is 11.8 Å². The number of benzene rings is 3. The second-order valence-corrected chi connectivity index (χ2v) is 11.8. The van der Waals surface area contributed by atoms with Crippen LogP contribution in [0, 0.1) is 12.8 Å². The van der Waals surface area contributed by atoms with Crippen LogP contribution in [0.2, 0.25) is 5.02 Å². The van der Waals surface area contributed by atoms with Crippen molar-refractivity contribution < 1.29 is 18.0 Å². The molecule has 0 saturated heterocycles. The van der Waals surface area contributed by atoms with Crippen molar-refractivity contribution in [2.45, 2.75) is 45.2 Å². The van der Waals surface area contributed by atoms with Gasteiger partial charge in [-0.3, -0.25) is 13.9 Å². The molecule has 7 nitrogen and oxygen atoms in total. The molecule has 0 aliphatic carbocycles. The molecule has 1 N–H and O–H groups in total. The summed E-state index contributed by atoms with van der Waals surface area (Å²) in [5.41, 5.74) is 1.74. The van der Waals surface area contributed by atoms with Gasteiger partial charge in [0.05, 0.1) is 10.6 Å². The molecule has 202 valence electrons. The number of anilines is 1. The van der Waals surface area contributed by atoms with Gasteiger partial charge >= 0.3 is 0 Å². The Morgan fingerprint density at radius 2 is 1.50 bits per heavy atom. The van der Waals surface area contributed by atoms with Crippen molar-refractivity contribution in [3.05, 3.63) is 95.0 Å². The van der Waals surface area contributed by atoms with E-state index in [1.54, 1.807) is 80.6 Å². The molecule has 0 saturated carbocycles. The number of amides is 2. The molecule has 3 aromatic rings. The highest BCUT2D eigenvalue weighted by molar-refractivity contribution is 7.92. The third kappa shape index (κ3) is 7.14. The molecule has 3 aromatic carbocycles. The van der Waals surface area contributed by atoms with Crippen LogP contribution in [0.25, 0.3) is 0 Å².